The summed E-state index contributed by atoms with van der Waals surface area (Å²) >= 11 is 0. The normalized spacial score (nSPS) is 15.2. The van der Waals surface area contributed by atoms with Gasteiger partial charge in [-0.1, -0.05) is 18.2 Å². The number of likely N-dealkylation sites (tertiary alicyclic amines) is 1. The van der Waals surface area contributed by atoms with Gasteiger partial charge in [0, 0.05) is 25.3 Å². The molecule has 20 heavy (non-hydrogen) atoms. The summed E-state index contributed by atoms with van der Waals surface area (Å²) in [6, 6.07) is 8.20. The predicted octanol–water partition coefficient (Wildman–Crippen LogP) is 2.76. The van der Waals surface area contributed by atoms with Crippen LogP contribution in [0, 0.1) is 6.92 Å². The number of amides is 2. The van der Waals surface area contributed by atoms with Crippen LogP contribution >= 0.6 is 0 Å². The molecule has 0 radical (unpaired) electrons. The second-order valence-electron chi connectivity index (χ2n) is 5.41. The average Bonchev–Trinajstić information content (AvgIpc) is 2.50. The maximum atomic E-state index is 12.8. The third-order valence-electron chi connectivity index (χ3n) is 3.85. The van der Waals surface area contributed by atoms with Crippen molar-refractivity contribution >= 4 is 11.7 Å². The summed E-state index contributed by atoms with van der Waals surface area (Å²) in [6.07, 6.45) is 4.29. The van der Waals surface area contributed by atoms with E-state index in [0.717, 1.165) is 43.6 Å². The van der Waals surface area contributed by atoms with Gasteiger partial charge in [-0.15, -0.1) is 0 Å². The second-order valence-corrected chi connectivity index (χ2v) is 5.41. The fourth-order valence-electron chi connectivity index (χ4n) is 2.69. The van der Waals surface area contributed by atoms with E-state index in [4.69, 9.17) is 5.73 Å². The largest absolute Gasteiger partial charge is 0.330 e. The summed E-state index contributed by atoms with van der Waals surface area (Å²) in [5, 5.41) is 0. The fraction of sp³-hybridized carbons (Fsp3) is 0.562. The highest BCUT2D eigenvalue weighted by Gasteiger charge is 2.24. The molecule has 0 saturated carbocycles. The lowest BCUT2D eigenvalue weighted by Gasteiger charge is -2.33. The van der Waals surface area contributed by atoms with Crippen LogP contribution < -0.4 is 10.6 Å². The number of carbonyl (C=O) groups excluding carboxylic acids is 1. The van der Waals surface area contributed by atoms with Crippen molar-refractivity contribution in [2.24, 2.45) is 5.73 Å². The Kier molecular flexibility index (Phi) is 5.41. The molecule has 0 spiro atoms. The van der Waals surface area contributed by atoms with Crippen LogP contribution in [0.2, 0.25) is 0 Å². The van der Waals surface area contributed by atoms with Crippen LogP contribution in [-0.2, 0) is 0 Å². The van der Waals surface area contributed by atoms with Crippen molar-refractivity contribution in [3.05, 3.63) is 29.8 Å². The molecule has 1 aromatic rings. The van der Waals surface area contributed by atoms with Crippen LogP contribution in [0.4, 0.5) is 10.5 Å². The van der Waals surface area contributed by atoms with Crippen LogP contribution in [0.5, 0.6) is 0 Å². The average molecular weight is 275 g/mol. The van der Waals surface area contributed by atoms with E-state index in [9.17, 15) is 4.79 Å². The number of carbonyl (C=O) groups is 1. The van der Waals surface area contributed by atoms with E-state index in [1.54, 1.807) is 0 Å². The van der Waals surface area contributed by atoms with Crippen LogP contribution in [0.3, 0.4) is 0 Å². The highest BCUT2D eigenvalue weighted by Crippen LogP contribution is 2.22. The Bertz CT molecular complexity index is 441. The number of aryl methyl sites for hydroxylation is 1. The Hall–Kier alpha value is -1.55. The fourth-order valence-corrected chi connectivity index (χ4v) is 2.69. The molecular formula is C16H25N3O. The Balaban J connectivity index is 2.18. The summed E-state index contributed by atoms with van der Waals surface area (Å²) in [6.45, 7) is 5.11. The van der Waals surface area contributed by atoms with Crippen molar-refractivity contribution in [2.45, 2.75) is 32.6 Å². The smallest absolute Gasteiger partial charge is 0.324 e. The lowest BCUT2D eigenvalue weighted by atomic mass is 10.1. The summed E-state index contributed by atoms with van der Waals surface area (Å²) in [4.78, 5) is 16.6. The van der Waals surface area contributed by atoms with Gasteiger partial charge < -0.3 is 10.6 Å². The molecule has 2 N–H and O–H groups in total. The number of hydrogen-bond acceptors (Lipinski definition) is 2. The van der Waals surface area contributed by atoms with E-state index in [0.29, 0.717) is 13.1 Å². The number of para-hydroxylation sites is 1. The number of benzene rings is 1. The molecule has 1 fully saturated rings. The third kappa shape index (κ3) is 3.51. The maximum absolute atomic E-state index is 12.8. The molecule has 1 aliphatic heterocycles. The molecule has 2 rings (SSSR count). The molecule has 0 bridgehead atoms. The van der Waals surface area contributed by atoms with Crippen molar-refractivity contribution < 1.29 is 4.79 Å². The minimum Gasteiger partial charge on any atom is -0.330 e. The lowest BCUT2D eigenvalue weighted by Crippen LogP contribution is -2.46. The van der Waals surface area contributed by atoms with Gasteiger partial charge in [-0.25, -0.2) is 4.79 Å². The number of nitrogens with two attached hydrogens (primary N) is 1. The van der Waals surface area contributed by atoms with E-state index in [-0.39, 0.29) is 6.03 Å². The zero-order valence-corrected chi connectivity index (χ0v) is 12.3. The number of urea groups is 1. The Morgan fingerprint density at radius 1 is 1.25 bits per heavy atom. The lowest BCUT2D eigenvalue weighted by molar-refractivity contribution is 0.193. The molecule has 0 unspecified atom stereocenters. The van der Waals surface area contributed by atoms with Crippen LogP contribution in [-0.4, -0.2) is 37.1 Å². The first kappa shape index (κ1) is 14.9. The van der Waals surface area contributed by atoms with Gasteiger partial charge in [-0.3, -0.25) is 4.90 Å². The van der Waals surface area contributed by atoms with Gasteiger partial charge in [0.25, 0.3) is 0 Å². The summed E-state index contributed by atoms with van der Waals surface area (Å²) in [5.74, 6) is 0. The van der Waals surface area contributed by atoms with Crippen molar-refractivity contribution in [1.29, 1.82) is 0 Å². The molecule has 110 valence electrons. The zero-order valence-electron chi connectivity index (χ0n) is 12.3. The molecular weight excluding hydrogens is 250 g/mol. The van der Waals surface area contributed by atoms with E-state index in [1.165, 1.54) is 6.42 Å². The van der Waals surface area contributed by atoms with Gasteiger partial charge in [0.15, 0.2) is 0 Å². The topological polar surface area (TPSA) is 49.6 Å². The molecule has 1 aromatic carbocycles. The minimum atomic E-state index is 0.132. The molecule has 2 amide bonds. The molecule has 0 aromatic heterocycles. The van der Waals surface area contributed by atoms with Gasteiger partial charge in [0.2, 0.25) is 0 Å². The van der Waals surface area contributed by atoms with Gasteiger partial charge in [-0.2, -0.15) is 0 Å². The molecule has 4 nitrogen and oxygen atoms in total. The van der Waals surface area contributed by atoms with Crippen molar-refractivity contribution in [2.75, 3.05) is 31.1 Å². The molecule has 0 atom stereocenters. The van der Waals surface area contributed by atoms with Gasteiger partial charge in [-0.05, 0) is 50.8 Å². The van der Waals surface area contributed by atoms with Crippen molar-refractivity contribution in [3.8, 4) is 0 Å². The van der Waals surface area contributed by atoms with Gasteiger partial charge >= 0.3 is 6.03 Å². The predicted molar refractivity (Wildman–Crippen MR) is 83.0 cm³/mol. The van der Waals surface area contributed by atoms with E-state index in [2.05, 4.69) is 0 Å². The van der Waals surface area contributed by atoms with Crippen molar-refractivity contribution in [1.82, 2.24) is 4.90 Å². The SMILES string of the molecule is Cc1ccccc1N(CCCN)C(=O)N1CCCCC1. The number of hydrogen-bond donors (Lipinski definition) is 1. The molecule has 1 aliphatic rings. The first-order valence-corrected chi connectivity index (χ1v) is 7.56. The monoisotopic (exact) mass is 275 g/mol. The first-order chi connectivity index (χ1) is 9.74. The summed E-state index contributed by atoms with van der Waals surface area (Å²) in [5.41, 5.74) is 7.76. The van der Waals surface area contributed by atoms with E-state index < -0.39 is 0 Å². The Morgan fingerprint density at radius 2 is 1.95 bits per heavy atom. The first-order valence-electron chi connectivity index (χ1n) is 7.56. The zero-order chi connectivity index (χ0) is 14.4. The minimum absolute atomic E-state index is 0.132. The molecule has 0 aliphatic carbocycles. The number of anilines is 1. The second kappa shape index (κ2) is 7.29. The van der Waals surface area contributed by atoms with Crippen molar-refractivity contribution in [3.63, 3.8) is 0 Å². The van der Waals surface area contributed by atoms with Crippen LogP contribution in [0.25, 0.3) is 0 Å². The van der Waals surface area contributed by atoms with E-state index >= 15 is 0 Å². The highest BCUT2D eigenvalue weighted by molar-refractivity contribution is 5.92. The van der Waals surface area contributed by atoms with Gasteiger partial charge in [0.05, 0.1) is 0 Å². The van der Waals surface area contributed by atoms with E-state index in [1.807, 2.05) is 41.0 Å². The van der Waals surface area contributed by atoms with Gasteiger partial charge in [0.1, 0.15) is 0 Å². The third-order valence-corrected chi connectivity index (χ3v) is 3.85. The Morgan fingerprint density at radius 3 is 2.60 bits per heavy atom. The molecule has 1 heterocycles. The van der Waals surface area contributed by atoms with Crippen LogP contribution in [0.15, 0.2) is 24.3 Å². The number of rotatable bonds is 4. The summed E-state index contributed by atoms with van der Waals surface area (Å²) < 4.78 is 0. The number of piperidine rings is 1. The quantitative estimate of drug-likeness (QED) is 0.918. The highest BCUT2D eigenvalue weighted by atomic mass is 16.2. The molecule has 4 heteroatoms. The molecule has 1 saturated heterocycles. The Labute approximate surface area is 121 Å². The number of nitrogens with zero attached hydrogens (tertiary/aromatic N) is 2. The maximum Gasteiger partial charge on any atom is 0.324 e. The standard InChI is InChI=1S/C16H25N3O/c1-14-8-3-4-9-15(14)19(13-7-10-17)16(20)18-11-5-2-6-12-18/h3-4,8-9H,2,5-7,10-13,17H2,1H3. The van der Waals surface area contributed by atoms with Crippen LogP contribution in [0.1, 0.15) is 31.2 Å². The summed E-state index contributed by atoms with van der Waals surface area (Å²) in [7, 11) is 0.